The number of unbranched alkanes of at least 4 members (excludes halogenated alkanes) is 1. The molecule has 1 heterocycles. The van der Waals surface area contributed by atoms with E-state index in [1.54, 1.807) is 42.3 Å². The van der Waals surface area contributed by atoms with Crippen molar-refractivity contribution in [3.8, 4) is 5.75 Å². The van der Waals surface area contributed by atoms with Gasteiger partial charge in [0, 0.05) is 26.6 Å². The average Bonchev–Trinajstić information content (AvgIpc) is 2.84. The van der Waals surface area contributed by atoms with Crippen molar-refractivity contribution in [2.24, 2.45) is 4.99 Å². The van der Waals surface area contributed by atoms with Crippen LogP contribution in [0.1, 0.15) is 28.8 Å². The van der Waals surface area contributed by atoms with E-state index in [-0.39, 0.29) is 27.9 Å². The highest BCUT2D eigenvalue weighted by atomic mass is 35.5. The first kappa shape index (κ1) is 27.3. The van der Waals surface area contributed by atoms with Gasteiger partial charge in [-0.3, -0.25) is 14.6 Å². The van der Waals surface area contributed by atoms with Crippen LogP contribution < -0.4 is 15.4 Å². The summed E-state index contributed by atoms with van der Waals surface area (Å²) in [6, 6.07) is 10.5. The molecule has 1 aliphatic heterocycles. The monoisotopic (exact) mass is 534 g/mol. The van der Waals surface area contributed by atoms with E-state index >= 15 is 0 Å². The van der Waals surface area contributed by atoms with Crippen LogP contribution in [0.25, 0.3) is 0 Å². The van der Waals surface area contributed by atoms with Gasteiger partial charge in [0.25, 0.3) is 11.8 Å². The first-order chi connectivity index (χ1) is 17.3. The molecule has 1 aliphatic rings. The maximum atomic E-state index is 12.6. The number of amidine groups is 1. The summed E-state index contributed by atoms with van der Waals surface area (Å²) in [5.41, 5.74) is 0.754. The van der Waals surface area contributed by atoms with Crippen LogP contribution in [-0.4, -0.2) is 73.0 Å². The van der Waals surface area contributed by atoms with Crippen molar-refractivity contribution in [2.75, 3.05) is 33.3 Å². The molecule has 0 saturated heterocycles. The van der Waals surface area contributed by atoms with Gasteiger partial charge >= 0.3 is 5.97 Å². The van der Waals surface area contributed by atoms with Crippen molar-refractivity contribution in [2.45, 2.75) is 25.3 Å². The Kier molecular flexibility index (Phi) is 9.95. The minimum atomic E-state index is -1.17. The van der Waals surface area contributed by atoms with E-state index in [4.69, 9.17) is 27.9 Å². The number of amides is 2. The van der Waals surface area contributed by atoms with Crippen LogP contribution in [0.3, 0.4) is 0 Å². The molecule has 0 unspecified atom stereocenters. The standard InChI is InChI=1S/C25H28Cl2N4O5/c1-31-13-12-29-22(24(31)33)28-11-2-3-14-36-17-9-7-16(8-10-17)15-20(25(34)35)30-23(32)21-18(26)5-4-6-19(21)27/h4-10,20H,2-3,11-15H2,1H3,(H,28,29)(H,30,32)(H,34,35)/t20-/m0/s1. The summed E-state index contributed by atoms with van der Waals surface area (Å²) in [6.45, 7) is 2.37. The van der Waals surface area contributed by atoms with Crippen molar-refractivity contribution in [3.63, 3.8) is 0 Å². The molecule has 0 spiro atoms. The maximum absolute atomic E-state index is 12.6. The second kappa shape index (κ2) is 13.1. The van der Waals surface area contributed by atoms with Crippen LogP contribution in [0.15, 0.2) is 47.5 Å². The minimum Gasteiger partial charge on any atom is -0.494 e. The van der Waals surface area contributed by atoms with Crippen molar-refractivity contribution < 1.29 is 24.2 Å². The van der Waals surface area contributed by atoms with Gasteiger partial charge in [0.2, 0.25) is 0 Å². The molecule has 0 fully saturated rings. The minimum absolute atomic E-state index is 0.0386. The van der Waals surface area contributed by atoms with E-state index in [0.717, 1.165) is 12.8 Å². The third kappa shape index (κ3) is 7.60. The Labute approximate surface area is 219 Å². The SMILES string of the molecule is CN1CCN=C(NCCCCOc2ccc(C[C@H](NC(=O)c3c(Cl)cccc3Cl)C(=O)O)cc2)C1=O. The van der Waals surface area contributed by atoms with Crippen LogP contribution in [0, 0.1) is 0 Å². The number of carboxylic acid groups (broad SMARTS) is 1. The number of hydrogen-bond donors (Lipinski definition) is 3. The average molecular weight is 535 g/mol. The van der Waals surface area contributed by atoms with E-state index in [1.807, 2.05) is 0 Å². The summed E-state index contributed by atoms with van der Waals surface area (Å²) in [5, 5.41) is 15.4. The molecule has 0 bridgehead atoms. The zero-order chi connectivity index (χ0) is 26.1. The number of carbonyl (C=O) groups excluding carboxylic acids is 2. The van der Waals surface area contributed by atoms with E-state index in [2.05, 4.69) is 15.6 Å². The Morgan fingerprint density at radius 3 is 2.50 bits per heavy atom. The number of aliphatic carboxylic acids is 1. The molecule has 0 aliphatic carbocycles. The number of rotatable bonds is 11. The smallest absolute Gasteiger partial charge is 0.326 e. The Morgan fingerprint density at radius 2 is 1.83 bits per heavy atom. The normalized spacial score (nSPS) is 14.1. The van der Waals surface area contributed by atoms with Crippen molar-refractivity contribution >= 4 is 46.8 Å². The van der Waals surface area contributed by atoms with Crippen LogP contribution >= 0.6 is 23.2 Å². The zero-order valence-corrected chi connectivity index (χ0v) is 21.3. The first-order valence-corrected chi connectivity index (χ1v) is 12.2. The highest BCUT2D eigenvalue weighted by molar-refractivity contribution is 6.39. The lowest BCUT2D eigenvalue weighted by Crippen LogP contribution is -2.46. The molecule has 192 valence electrons. The fraction of sp³-hybridized carbons (Fsp3) is 0.360. The number of halogens is 2. The van der Waals surface area contributed by atoms with Gasteiger partial charge in [0.15, 0.2) is 5.84 Å². The molecular weight excluding hydrogens is 507 g/mol. The number of nitrogens with zero attached hydrogens (tertiary/aromatic N) is 2. The van der Waals surface area contributed by atoms with Crippen LogP contribution in [0.5, 0.6) is 5.75 Å². The molecule has 0 radical (unpaired) electrons. The topological polar surface area (TPSA) is 120 Å². The summed E-state index contributed by atoms with van der Waals surface area (Å²) in [4.78, 5) is 42.1. The van der Waals surface area contributed by atoms with Gasteiger partial charge in [-0.1, -0.05) is 41.4 Å². The number of hydrogen-bond acceptors (Lipinski definition) is 6. The molecule has 36 heavy (non-hydrogen) atoms. The summed E-state index contributed by atoms with van der Waals surface area (Å²) >= 11 is 12.1. The van der Waals surface area contributed by atoms with E-state index in [9.17, 15) is 19.5 Å². The number of carbonyl (C=O) groups is 3. The van der Waals surface area contributed by atoms with Crippen LogP contribution in [0.4, 0.5) is 0 Å². The number of ether oxygens (including phenoxy) is 1. The van der Waals surface area contributed by atoms with E-state index in [1.165, 1.54) is 12.1 Å². The molecule has 0 saturated carbocycles. The molecule has 11 heteroatoms. The number of likely N-dealkylation sites (N-methyl/N-ethyl adjacent to an activating group) is 1. The molecular formula is C25H28Cl2N4O5. The van der Waals surface area contributed by atoms with Crippen LogP contribution in [-0.2, 0) is 16.0 Å². The Bertz CT molecular complexity index is 1100. The predicted octanol–water partition coefficient (Wildman–Crippen LogP) is 3.04. The summed E-state index contributed by atoms with van der Waals surface area (Å²) in [5.74, 6) is -0.854. The highest BCUT2D eigenvalue weighted by Gasteiger charge is 2.24. The predicted molar refractivity (Wildman–Crippen MR) is 138 cm³/mol. The number of aliphatic imine (C=N–C) groups is 1. The zero-order valence-electron chi connectivity index (χ0n) is 19.8. The van der Waals surface area contributed by atoms with Crippen molar-refractivity contribution in [1.29, 1.82) is 0 Å². The van der Waals surface area contributed by atoms with Gasteiger partial charge in [0.05, 0.1) is 28.8 Å². The lowest BCUT2D eigenvalue weighted by molar-refractivity contribution is -0.139. The second-order valence-corrected chi connectivity index (χ2v) is 9.06. The Hall–Kier alpha value is -3.30. The van der Waals surface area contributed by atoms with Gasteiger partial charge in [-0.15, -0.1) is 0 Å². The molecule has 2 aromatic carbocycles. The number of carboxylic acids is 1. The van der Waals surface area contributed by atoms with Gasteiger partial charge < -0.3 is 25.4 Å². The van der Waals surface area contributed by atoms with E-state index < -0.39 is 17.9 Å². The fourth-order valence-electron chi connectivity index (χ4n) is 3.52. The van der Waals surface area contributed by atoms with Crippen molar-refractivity contribution in [1.82, 2.24) is 15.5 Å². The number of nitrogens with one attached hydrogen (secondary N) is 2. The molecule has 3 rings (SSSR count). The number of benzene rings is 2. The molecule has 2 amide bonds. The van der Waals surface area contributed by atoms with Gasteiger partial charge in [-0.25, -0.2) is 4.79 Å². The van der Waals surface area contributed by atoms with Gasteiger partial charge in [0.1, 0.15) is 11.8 Å². The molecule has 9 nitrogen and oxygen atoms in total. The van der Waals surface area contributed by atoms with Gasteiger partial charge in [-0.2, -0.15) is 0 Å². The molecule has 3 N–H and O–H groups in total. The lowest BCUT2D eigenvalue weighted by Gasteiger charge is -2.22. The summed E-state index contributed by atoms with van der Waals surface area (Å²) < 4.78 is 5.74. The summed E-state index contributed by atoms with van der Waals surface area (Å²) in [6.07, 6.45) is 1.67. The maximum Gasteiger partial charge on any atom is 0.326 e. The quantitative estimate of drug-likeness (QED) is 0.381. The molecule has 2 aromatic rings. The largest absolute Gasteiger partial charge is 0.494 e. The second-order valence-electron chi connectivity index (χ2n) is 8.25. The van der Waals surface area contributed by atoms with Crippen LogP contribution in [0.2, 0.25) is 10.0 Å². The highest BCUT2D eigenvalue weighted by Crippen LogP contribution is 2.24. The first-order valence-electron chi connectivity index (χ1n) is 11.5. The lowest BCUT2D eigenvalue weighted by atomic mass is 10.1. The van der Waals surface area contributed by atoms with E-state index in [0.29, 0.717) is 43.4 Å². The third-order valence-corrected chi connectivity index (χ3v) is 6.17. The van der Waals surface area contributed by atoms with Crippen molar-refractivity contribution in [3.05, 3.63) is 63.6 Å². The van der Waals surface area contributed by atoms with Gasteiger partial charge in [-0.05, 0) is 42.7 Å². The summed E-state index contributed by atoms with van der Waals surface area (Å²) in [7, 11) is 1.76. The fourth-order valence-corrected chi connectivity index (χ4v) is 4.09. The Balaban J connectivity index is 1.43. The molecule has 0 aromatic heterocycles. The Morgan fingerprint density at radius 1 is 1.14 bits per heavy atom. The molecule has 1 atom stereocenters. The third-order valence-electron chi connectivity index (χ3n) is 5.54.